The van der Waals surface area contributed by atoms with Crippen molar-refractivity contribution in [2.75, 3.05) is 0 Å². The largest absolute Gasteiger partial charge is 0.447 e. The van der Waals surface area contributed by atoms with E-state index in [2.05, 4.69) is 44.8 Å². The van der Waals surface area contributed by atoms with Crippen molar-refractivity contribution in [1.29, 1.82) is 0 Å². The number of aromatic nitrogens is 2. The van der Waals surface area contributed by atoms with Gasteiger partial charge in [-0.25, -0.2) is 4.98 Å². The lowest BCUT2D eigenvalue weighted by molar-refractivity contribution is 0.330. The number of halogens is 1. The number of hydrogen-bond donors (Lipinski definition) is 0. The molecule has 0 spiro atoms. The van der Waals surface area contributed by atoms with Crippen LogP contribution >= 0.6 is 23.4 Å². The van der Waals surface area contributed by atoms with E-state index in [0.29, 0.717) is 17.3 Å². The average Bonchev–Trinajstić information content (AvgIpc) is 3.17. The zero-order valence-electron chi connectivity index (χ0n) is 15.0. The molecule has 0 saturated carbocycles. The second kappa shape index (κ2) is 6.54. The van der Waals surface area contributed by atoms with Gasteiger partial charge >= 0.3 is 0 Å². The lowest BCUT2D eigenvalue weighted by Crippen LogP contribution is -2.12. The normalized spacial score (nSPS) is 12.6. The molecule has 2 heterocycles. The highest BCUT2D eigenvalue weighted by Gasteiger charge is 2.29. The van der Waals surface area contributed by atoms with Crippen LogP contribution in [-0.2, 0) is 10.2 Å². The van der Waals surface area contributed by atoms with Gasteiger partial charge in [0.1, 0.15) is 23.4 Å². The third-order valence-corrected chi connectivity index (χ3v) is 5.16. The van der Waals surface area contributed by atoms with E-state index in [1.165, 1.54) is 0 Å². The number of oxazole rings is 1. The van der Waals surface area contributed by atoms with Crippen LogP contribution in [0, 0.1) is 0 Å². The minimum atomic E-state index is -0.331. The van der Waals surface area contributed by atoms with Gasteiger partial charge in [0.05, 0.1) is 4.75 Å². The Balaban J connectivity index is 1.82. The third kappa shape index (κ3) is 4.10. The summed E-state index contributed by atoms with van der Waals surface area (Å²) in [6, 6.07) is 9.66. The van der Waals surface area contributed by atoms with E-state index >= 15 is 0 Å². The Hall–Kier alpha value is -1.72. The van der Waals surface area contributed by atoms with E-state index in [1.54, 1.807) is 18.0 Å². The predicted octanol–water partition coefficient (Wildman–Crippen LogP) is 6.31. The van der Waals surface area contributed by atoms with Crippen molar-refractivity contribution < 1.29 is 8.94 Å². The summed E-state index contributed by atoms with van der Waals surface area (Å²) in [5.41, 5.74) is 1.27. The van der Waals surface area contributed by atoms with Crippen molar-refractivity contribution in [2.45, 2.75) is 49.7 Å². The van der Waals surface area contributed by atoms with Gasteiger partial charge in [-0.1, -0.05) is 37.5 Å². The maximum atomic E-state index is 5.95. The van der Waals surface area contributed by atoms with Gasteiger partial charge in [0.25, 0.3) is 0 Å². The summed E-state index contributed by atoms with van der Waals surface area (Å²) in [5, 5.41) is 4.85. The van der Waals surface area contributed by atoms with Gasteiger partial charge < -0.3 is 8.94 Å². The van der Waals surface area contributed by atoms with Crippen LogP contribution in [0.2, 0.25) is 5.02 Å². The molecular weight excluding hydrogens is 356 g/mol. The standard InChI is InChI=1S/C19H21ClN2O2S/c1-18(2,3)16-10-14(22-24-16)15-11-23-17(21-15)19(4,5)25-13-8-6-12(20)7-9-13/h6-11H,1-5H3. The number of benzene rings is 1. The Morgan fingerprint density at radius 1 is 1.00 bits per heavy atom. The van der Waals surface area contributed by atoms with E-state index in [4.69, 9.17) is 20.5 Å². The van der Waals surface area contributed by atoms with E-state index in [0.717, 1.165) is 15.7 Å². The van der Waals surface area contributed by atoms with Gasteiger partial charge in [0.15, 0.2) is 0 Å². The van der Waals surface area contributed by atoms with Crippen LogP contribution in [0.15, 0.2) is 50.4 Å². The molecule has 132 valence electrons. The highest BCUT2D eigenvalue weighted by molar-refractivity contribution is 8.00. The van der Waals surface area contributed by atoms with Gasteiger partial charge in [-0.15, -0.1) is 11.8 Å². The van der Waals surface area contributed by atoms with Crippen LogP contribution in [0.1, 0.15) is 46.3 Å². The highest BCUT2D eigenvalue weighted by atomic mass is 35.5. The maximum Gasteiger partial charge on any atom is 0.210 e. The molecule has 0 radical (unpaired) electrons. The van der Waals surface area contributed by atoms with E-state index < -0.39 is 0 Å². The quantitative estimate of drug-likeness (QED) is 0.499. The SMILES string of the molecule is CC(C)(C)c1cc(-c2coc(C(C)(C)Sc3ccc(Cl)cc3)n2)no1. The Labute approximate surface area is 157 Å². The molecule has 1 aromatic carbocycles. The third-order valence-electron chi connectivity index (χ3n) is 3.72. The van der Waals surface area contributed by atoms with Crippen molar-refractivity contribution >= 4 is 23.4 Å². The van der Waals surface area contributed by atoms with E-state index in [9.17, 15) is 0 Å². The topological polar surface area (TPSA) is 52.1 Å². The minimum absolute atomic E-state index is 0.0957. The zero-order valence-corrected chi connectivity index (χ0v) is 16.5. The summed E-state index contributed by atoms with van der Waals surface area (Å²) < 4.78 is 10.8. The van der Waals surface area contributed by atoms with Gasteiger partial charge in [-0.3, -0.25) is 0 Å². The molecule has 0 aliphatic heterocycles. The van der Waals surface area contributed by atoms with E-state index in [1.807, 2.05) is 30.3 Å². The summed E-state index contributed by atoms with van der Waals surface area (Å²) in [5.74, 6) is 1.46. The van der Waals surface area contributed by atoms with Gasteiger partial charge in [-0.05, 0) is 38.1 Å². The minimum Gasteiger partial charge on any atom is -0.447 e. The first-order chi connectivity index (χ1) is 11.6. The average molecular weight is 377 g/mol. The second-order valence-electron chi connectivity index (χ2n) is 7.43. The van der Waals surface area contributed by atoms with Crippen LogP contribution in [0.4, 0.5) is 0 Å². The maximum absolute atomic E-state index is 5.95. The molecule has 0 aliphatic carbocycles. The van der Waals surface area contributed by atoms with Gasteiger partial charge in [0, 0.05) is 21.4 Å². The molecule has 0 bridgehead atoms. The first-order valence-corrected chi connectivity index (χ1v) is 9.23. The number of hydrogen-bond acceptors (Lipinski definition) is 5. The number of nitrogens with zero attached hydrogens (tertiary/aromatic N) is 2. The first kappa shape index (κ1) is 18.1. The number of thioether (sulfide) groups is 1. The lowest BCUT2D eigenvalue weighted by Gasteiger charge is -2.19. The van der Waals surface area contributed by atoms with Gasteiger partial charge in [0.2, 0.25) is 5.89 Å². The van der Waals surface area contributed by atoms with Crippen molar-refractivity contribution in [3.8, 4) is 11.4 Å². The molecule has 0 atom stereocenters. The molecule has 4 nitrogen and oxygen atoms in total. The monoisotopic (exact) mass is 376 g/mol. The van der Waals surface area contributed by atoms with E-state index in [-0.39, 0.29) is 10.2 Å². The Morgan fingerprint density at radius 2 is 1.68 bits per heavy atom. The fourth-order valence-electron chi connectivity index (χ4n) is 2.26. The highest BCUT2D eigenvalue weighted by Crippen LogP contribution is 2.41. The summed E-state index contributed by atoms with van der Waals surface area (Å²) in [7, 11) is 0. The fraction of sp³-hybridized carbons (Fsp3) is 0.368. The number of rotatable bonds is 4. The fourth-order valence-corrected chi connectivity index (χ4v) is 3.43. The van der Waals surface area contributed by atoms with Crippen molar-refractivity contribution in [2.24, 2.45) is 0 Å². The molecule has 0 unspecified atom stereocenters. The summed E-state index contributed by atoms with van der Waals surface area (Å²) in [6.45, 7) is 10.4. The summed E-state index contributed by atoms with van der Waals surface area (Å²) in [6.07, 6.45) is 1.63. The Bertz CT molecular complexity index is 860. The first-order valence-electron chi connectivity index (χ1n) is 8.03. The molecule has 3 aromatic rings. The summed E-state index contributed by atoms with van der Waals surface area (Å²) in [4.78, 5) is 5.73. The smallest absolute Gasteiger partial charge is 0.210 e. The van der Waals surface area contributed by atoms with Crippen molar-refractivity contribution in [3.63, 3.8) is 0 Å². The van der Waals surface area contributed by atoms with Crippen LogP contribution < -0.4 is 0 Å². The lowest BCUT2D eigenvalue weighted by atomic mass is 9.93. The molecule has 6 heteroatoms. The molecule has 0 fully saturated rings. The molecule has 2 aromatic heterocycles. The summed E-state index contributed by atoms with van der Waals surface area (Å²) >= 11 is 7.62. The van der Waals surface area contributed by atoms with Crippen LogP contribution in [0.3, 0.4) is 0 Å². The zero-order chi connectivity index (χ0) is 18.2. The molecule has 0 aliphatic rings. The van der Waals surface area contributed by atoms with Crippen LogP contribution in [-0.4, -0.2) is 10.1 Å². The Kier molecular flexibility index (Phi) is 4.73. The van der Waals surface area contributed by atoms with Crippen LogP contribution in [0.5, 0.6) is 0 Å². The molecular formula is C19H21ClN2O2S. The van der Waals surface area contributed by atoms with Crippen LogP contribution in [0.25, 0.3) is 11.4 Å². The molecule has 0 N–H and O–H groups in total. The molecule has 3 rings (SSSR count). The van der Waals surface area contributed by atoms with Gasteiger partial charge in [-0.2, -0.15) is 0 Å². The molecule has 0 saturated heterocycles. The van der Waals surface area contributed by atoms with Crippen molar-refractivity contribution in [3.05, 3.63) is 53.3 Å². The Morgan fingerprint density at radius 3 is 2.28 bits per heavy atom. The molecule has 25 heavy (non-hydrogen) atoms. The second-order valence-corrected chi connectivity index (χ2v) is 9.56. The van der Waals surface area contributed by atoms with Crippen molar-refractivity contribution in [1.82, 2.24) is 10.1 Å². The molecule has 0 amide bonds. The predicted molar refractivity (Wildman–Crippen MR) is 101 cm³/mol.